The lowest BCUT2D eigenvalue weighted by Crippen LogP contribution is -2.24. The van der Waals surface area contributed by atoms with Gasteiger partial charge in [0.1, 0.15) is 0 Å². The van der Waals surface area contributed by atoms with Gasteiger partial charge in [-0.3, -0.25) is 4.68 Å². The summed E-state index contributed by atoms with van der Waals surface area (Å²) >= 11 is 3.60. The molecule has 90 valence electrons. The summed E-state index contributed by atoms with van der Waals surface area (Å²) in [5, 5.41) is 4.60. The summed E-state index contributed by atoms with van der Waals surface area (Å²) in [7, 11) is 0. The van der Waals surface area contributed by atoms with Crippen molar-refractivity contribution in [1.82, 2.24) is 9.78 Å². The normalized spacial score (nSPS) is 11.8. The highest BCUT2D eigenvalue weighted by Crippen LogP contribution is 2.31. The Morgan fingerprint density at radius 2 is 1.82 bits per heavy atom. The van der Waals surface area contributed by atoms with E-state index in [1.807, 2.05) is 13.0 Å². The molecule has 0 radical (unpaired) electrons. The van der Waals surface area contributed by atoms with Crippen molar-refractivity contribution >= 4 is 15.9 Å². The molecule has 2 nitrogen and oxygen atoms in total. The van der Waals surface area contributed by atoms with Crippen molar-refractivity contribution in [3.8, 4) is 11.3 Å². The Balaban J connectivity index is 2.64. The minimum absolute atomic E-state index is 0.0150. The molecule has 0 amide bonds. The molecule has 0 fully saturated rings. The molecule has 2 aromatic rings. The van der Waals surface area contributed by atoms with Crippen molar-refractivity contribution in [3.63, 3.8) is 0 Å². The Morgan fingerprint density at radius 1 is 1.18 bits per heavy atom. The van der Waals surface area contributed by atoms with E-state index in [0.717, 1.165) is 15.9 Å². The van der Waals surface area contributed by atoms with Crippen molar-refractivity contribution in [3.05, 3.63) is 40.5 Å². The third-order valence-corrected chi connectivity index (χ3v) is 3.31. The predicted molar refractivity (Wildman–Crippen MR) is 75.1 cm³/mol. The van der Waals surface area contributed by atoms with Crippen LogP contribution in [0.1, 0.15) is 26.5 Å². The number of nitrogens with zero attached hydrogens (tertiary/aromatic N) is 2. The zero-order valence-corrected chi connectivity index (χ0v) is 12.2. The van der Waals surface area contributed by atoms with E-state index in [0.29, 0.717) is 0 Å². The van der Waals surface area contributed by atoms with E-state index in [1.54, 1.807) is 0 Å². The molecule has 0 aliphatic rings. The van der Waals surface area contributed by atoms with Crippen LogP contribution in [0, 0.1) is 6.92 Å². The fourth-order valence-corrected chi connectivity index (χ4v) is 2.36. The lowest BCUT2D eigenvalue weighted by Gasteiger charge is -2.22. The average molecular weight is 293 g/mol. The molecule has 0 aliphatic heterocycles. The van der Waals surface area contributed by atoms with E-state index < -0.39 is 0 Å². The molecule has 0 saturated heterocycles. The average Bonchev–Trinajstić information content (AvgIpc) is 2.60. The van der Waals surface area contributed by atoms with E-state index in [9.17, 15) is 0 Å². The Hall–Kier alpha value is -1.09. The van der Waals surface area contributed by atoms with Crippen molar-refractivity contribution in [2.75, 3.05) is 0 Å². The first kappa shape index (κ1) is 12.4. The summed E-state index contributed by atoms with van der Waals surface area (Å²) < 4.78 is 3.19. The van der Waals surface area contributed by atoms with Crippen LogP contribution in [0.2, 0.25) is 0 Å². The predicted octanol–water partition coefficient (Wildman–Crippen LogP) is 4.38. The van der Waals surface area contributed by atoms with Crippen LogP contribution in [0.15, 0.2) is 34.8 Å². The molecule has 0 unspecified atom stereocenters. The minimum atomic E-state index is -0.0150. The van der Waals surface area contributed by atoms with Crippen LogP contribution in [0.3, 0.4) is 0 Å². The molecule has 0 saturated carbocycles. The van der Waals surface area contributed by atoms with Gasteiger partial charge in [0.05, 0.1) is 16.9 Å². The van der Waals surface area contributed by atoms with Gasteiger partial charge in [0, 0.05) is 10.0 Å². The number of halogens is 1. The first-order chi connectivity index (χ1) is 7.89. The van der Waals surface area contributed by atoms with Gasteiger partial charge in [-0.2, -0.15) is 5.10 Å². The lowest BCUT2D eigenvalue weighted by molar-refractivity contribution is 0.358. The Labute approximate surface area is 111 Å². The number of hydrogen-bond acceptors (Lipinski definition) is 1. The Kier molecular flexibility index (Phi) is 3.13. The number of aromatic nitrogens is 2. The summed E-state index contributed by atoms with van der Waals surface area (Å²) in [6.45, 7) is 8.53. The topological polar surface area (TPSA) is 17.8 Å². The molecule has 1 heterocycles. The summed E-state index contributed by atoms with van der Waals surface area (Å²) in [5.74, 6) is 0. The van der Waals surface area contributed by atoms with E-state index in [4.69, 9.17) is 0 Å². The van der Waals surface area contributed by atoms with Gasteiger partial charge < -0.3 is 0 Å². The van der Waals surface area contributed by atoms with Crippen molar-refractivity contribution < 1.29 is 0 Å². The standard InChI is InChI=1S/C14H17BrN2/c1-10-9-13(17(16-10)14(2,3)4)11-7-5-6-8-12(11)15/h5-9H,1-4H3. The van der Waals surface area contributed by atoms with Crippen LogP contribution in [0.25, 0.3) is 11.3 Å². The maximum Gasteiger partial charge on any atom is 0.0702 e. The summed E-state index contributed by atoms with van der Waals surface area (Å²) in [4.78, 5) is 0. The molecule has 0 bridgehead atoms. The fraction of sp³-hybridized carbons (Fsp3) is 0.357. The highest BCUT2D eigenvalue weighted by atomic mass is 79.9. The van der Waals surface area contributed by atoms with E-state index in [2.05, 4.69) is 70.7 Å². The van der Waals surface area contributed by atoms with Gasteiger partial charge in [0.15, 0.2) is 0 Å². The van der Waals surface area contributed by atoms with E-state index in [1.165, 1.54) is 5.56 Å². The van der Waals surface area contributed by atoms with Gasteiger partial charge in [0.25, 0.3) is 0 Å². The number of hydrogen-bond donors (Lipinski definition) is 0. The van der Waals surface area contributed by atoms with E-state index in [-0.39, 0.29) is 5.54 Å². The zero-order chi connectivity index (χ0) is 12.6. The molecule has 0 atom stereocenters. The Bertz CT molecular complexity index is 535. The zero-order valence-electron chi connectivity index (χ0n) is 10.7. The maximum atomic E-state index is 4.60. The van der Waals surface area contributed by atoms with Crippen molar-refractivity contribution in [2.24, 2.45) is 0 Å². The molecule has 1 aromatic carbocycles. The second-order valence-corrected chi connectivity index (χ2v) is 6.09. The smallest absolute Gasteiger partial charge is 0.0702 e. The Morgan fingerprint density at radius 3 is 2.41 bits per heavy atom. The molecule has 2 rings (SSSR count). The first-order valence-electron chi connectivity index (χ1n) is 5.71. The minimum Gasteiger partial charge on any atom is -0.259 e. The lowest BCUT2D eigenvalue weighted by atomic mass is 10.1. The highest BCUT2D eigenvalue weighted by Gasteiger charge is 2.20. The SMILES string of the molecule is Cc1cc(-c2ccccc2Br)n(C(C)(C)C)n1. The van der Waals surface area contributed by atoms with Gasteiger partial charge in [-0.05, 0) is 39.8 Å². The van der Waals surface area contributed by atoms with Gasteiger partial charge in [-0.15, -0.1) is 0 Å². The van der Waals surface area contributed by atoms with Gasteiger partial charge in [-0.25, -0.2) is 0 Å². The van der Waals surface area contributed by atoms with Crippen LogP contribution in [-0.2, 0) is 5.54 Å². The van der Waals surface area contributed by atoms with Crippen LogP contribution in [0.5, 0.6) is 0 Å². The van der Waals surface area contributed by atoms with Crippen LogP contribution < -0.4 is 0 Å². The van der Waals surface area contributed by atoms with Crippen LogP contribution >= 0.6 is 15.9 Å². The summed E-state index contributed by atoms with van der Waals surface area (Å²) in [5.41, 5.74) is 3.37. The maximum absolute atomic E-state index is 4.60. The number of rotatable bonds is 1. The van der Waals surface area contributed by atoms with Crippen LogP contribution in [0.4, 0.5) is 0 Å². The molecule has 0 aliphatic carbocycles. The van der Waals surface area contributed by atoms with E-state index >= 15 is 0 Å². The molecular formula is C14H17BrN2. The quantitative estimate of drug-likeness (QED) is 0.763. The third-order valence-electron chi connectivity index (χ3n) is 2.62. The first-order valence-corrected chi connectivity index (χ1v) is 6.51. The van der Waals surface area contributed by atoms with Crippen LogP contribution in [-0.4, -0.2) is 9.78 Å². The number of benzene rings is 1. The second kappa shape index (κ2) is 4.30. The molecule has 17 heavy (non-hydrogen) atoms. The molecule has 0 spiro atoms. The van der Waals surface area contributed by atoms with Gasteiger partial charge in [-0.1, -0.05) is 34.1 Å². The summed E-state index contributed by atoms with van der Waals surface area (Å²) in [6.07, 6.45) is 0. The molecule has 3 heteroatoms. The largest absolute Gasteiger partial charge is 0.259 e. The summed E-state index contributed by atoms with van der Waals surface area (Å²) in [6, 6.07) is 10.4. The molecule has 1 aromatic heterocycles. The molecular weight excluding hydrogens is 276 g/mol. The monoisotopic (exact) mass is 292 g/mol. The van der Waals surface area contributed by atoms with Crippen molar-refractivity contribution in [2.45, 2.75) is 33.2 Å². The van der Waals surface area contributed by atoms with Crippen molar-refractivity contribution in [1.29, 1.82) is 0 Å². The third kappa shape index (κ3) is 2.44. The van der Waals surface area contributed by atoms with Gasteiger partial charge in [0.2, 0.25) is 0 Å². The second-order valence-electron chi connectivity index (χ2n) is 5.23. The molecule has 0 N–H and O–H groups in total. The number of aryl methyl sites for hydroxylation is 1. The van der Waals surface area contributed by atoms with Gasteiger partial charge >= 0.3 is 0 Å². The highest BCUT2D eigenvalue weighted by molar-refractivity contribution is 9.10. The fourth-order valence-electron chi connectivity index (χ4n) is 1.87.